The SMILES string of the molecule is CC(C)C1CCC(N)C(C2CCCCCC2)C1. The molecular formula is C16H31N. The molecule has 0 spiro atoms. The van der Waals surface area contributed by atoms with Crippen LogP contribution in [-0.4, -0.2) is 6.04 Å². The molecule has 0 aromatic heterocycles. The summed E-state index contributed by atoms with van der Waals surface area (Å²) in [5.41, 5.74) is 6.42. The Bertz CT molecular complexity index is 216. The van der Waals surface area contributed by atoms with E-state index in [4.69, 9.17) is 5.73 Å². The highest BCUT2D eigenvalue weighted by Crippen LogP contribution is 2.41. The molecule has 0 bridgehead atoms. The van der Waals surface area contributed by atoms with Crippen molar-refractivity contribution < 1.29 is 0 Å². The van der Waals surface area contributed by atoms with Gasteiger partial charge in [0.1, 0.15) is 0 Å². The van der Waals surface area contributed by atoms with E-state index in [1.807, 2.05) is 0 Å². The summed E-state index contributed by atoms with van der Waals surface area (Å²) in [5.74, 6) is 3.60. The van der Waals surface area contributed by atoms with Crippen LogP contribution in [0.25, 0.3) is 0 Å². The van der Waals surface area contributed by atoms with Crippen molar-refractivity contribution in [2.75, 3.05) is 0 Å². The third-order valence-corrected chi connectivity index (χ3v) is 5.44. The van der Waals surface area contributed by atoms with Gasteiger partial charge < -0.3 is 5.73 Å². The Morgan fingerprint density at radius 1 is 0.882 bits per heavy atom. The van der Waals surface area contributed by atoms with Crippen LogP contribution in [0.2, 0.25) is 0 Å². The van der Waals surface area contributed by atoms with E-state index in [9.17, 15) is 0 Å². The molecule has 2 aliphatic rings. The molecule has 0 aromatic rings. The highest BCUT2D eigenvalue weighted by molar-refractivity contribution is 4.88. The molecule has 0 heterocycles. The first-order chi connectivity index (χ1) is 8.18. The Kier molecular flexibility index (Phi) is 4.90. The maximum atomic E-state index is 6.42. The molecule has 2 N–H and O–H groups in total. The molecule has 100 valence electrons. The van der Waals surface area contributed by atoms with Crippen LogP contribution in [0.5, 0.6) is 0 Å². The second-order valence-corrected chi connectivity index (χ2v) is 6.90. The largest absolute Gasteiger partial charge is 0.327 e. The van der Waals surface area contributed by atoms with E-state index < -0.39 is 0 Å². The van der Waals surface area contributed by atoms with Crippen molar-refractivity contribution in [3.63, 3.8) is 0 Å². The lowest BCUT2D eigenvalue weighted by atomic mass is 9.68. The van der Waals surface area contributed by atoms with Gasteiger partial charge in [0.05, 0.1) is 0 Å². The summed E-state index contributed by atoms with van der Waals surface area (Å²) >= 11 is 0. The second-order valence-electron chi connectivity index (χ2n) is 6.90. The van der Waals surface area contributed by atoms with Crippen LogP contribution in [0.15, 0.2) is 0 Å². The Balaban J connectivity index is 1.95. The van der Waals surface area contributed by atoms with Gasteiger partial charge in [-0.15, -0.1) is 0 Å². The maximum absolute atomic E-state index is 6.42. The van der Waals surface area contributed by atoms with Crippen molar-refractivity contribution in [2.45, 2.75) is 77.7 Å². The first kappa shape index (κ1) is 13.4. The zero-order valence-electron chi connectivity index (χ0n) is 11.8. The molecule has 0 amide bonds. The zero-order valence-corrected chi connectivity index (χ0v) is 11.8. The quantitative estimate of drug-likeness (QED) is 0.710. The van der Waals surface area contributed by atoms with E-state index in [1.165, 1.54) is 57.8 Å². The molecule has 3 atom stereocenters. The van der Waals surface area contributed by atoms with E-state index >= 15 is 0 Å². The number of nitrogens with two attached hydrogens (primary N) is 1. The van der Waals surface area contributed by atoms with Crippen molar-refractivity contribution in [2.24, 2.45) is 29.4 Å². The predicted octanol–water partition coefficient (Wildman–Crippen LogP) is 4.36. The monoisotopic (exact) mass is 237 g/mol. The van der Waals surface area contributed by atoms with Gasteiger partial charge >= 0.3 is 0 Å². The first-order valence-electron chi connectivity index (χ1n) is 7.94. The van der Waals surface area contributed by atoms with Gasteiger partial charge in [-0.3, -0.25) is 0 Å². The van der Waals surface area contributed by atoms with Gasteiger partial charge in [0.15, 0.2) is 0 Å². The summed E-state index contributed by atoms with van der Waals surface area (Å²) in [6.07, 6.45) is 12.8. The summed E-state index contributed by atoms with van der Waals surface area (Å²) in [7, 11) is 0. The molecule has 2 rings (SSSR count). The molecule has 17 heavy (non-hydrogen) atoms. The first-order valence-corrected chi connectivity index (χ1v) is 7.94. The standard InChI is InChI=1S/C16H31N/c1-12(2)14-9-10-16(17)15(11-14)13-7-5-3-4-6-8-13/h12-16H,3-11,17H2,1-2H3. The van der Waals surface area contributed by atoms with Gasteiger partial charge in [-0.25, -0.2) is 0 Å². The van der Waals surface area contributed by atoms with E-state index in [-0.39, 0.29) is 0 Å². The van der Waals surface area contributed by atoms with Crippen LogP contribution in [0.1, 0.15) is 71.6 Å². The molecule has 2 aliphatic carbocycles. The molecule has 3 unspecified atom stereocenters. The third-order valence-electron chi connectivity index (χ3n) is 5.44. The predicted molar refractivity (Wildman–Crippen MR) is 74.8 cm³/mol. The normalized spacial score (nSPS) is 37.1. The minimum absolute atomic E-state index is 0.507. The van der Waals surface area contributed by atoms with Crippen LogP contribution in [0.3, 0.4) is 0 Å². The lowest BCUT2D eigenvalue weighted by Gasteiger charge is -2.40. The molecule has 0 aromatic carbocycles. The highest BCUT2D eigenvalue weighted by atomic mass is 14.7. The molecule has 0 radical (unpaired) electrons. The summed E-state index contributed by atoms with van der Waals surface area (Å²) in [5, 5.41) is 0. The lowest BCUT2D eigenvalue weighted by molar-refractivity contribution is 0.130. The van der Waals surface area contributed by atoms with Crippen LogP contribution >= 0.6 is 0 Å². The Labute approximate surface area is 108 Å². The Morgan fingerprint density at radius 3 is 2.12 bits per heavy atom. The van der Waals surface area contributed by atoms with Gasteiger partial charge in [-0.1, -0.05) is 52.4 Å². The van der Waals surface area contributed by atoms with Gasteiger partial charge in [0.2, 0.25) is 0 Å². The van der Waals surface area contributed by atoms with Gasteiger partial charge in [-0.2, -0.15) is 0 Å². The number of hydrogen-bond acceptors (Lipinski definition) is 1. The van der Waals surface area contributed by atoms with Crippen molar-refractivity contribution in [3.05, 3.63) is 0 Å². The fourth-order valence-electron chi connectivity index (χ4n) is 4.15. The maximum Gasteiger partial charge on any atom is 0.00700 e. The summed E-state index contributed by atoms with van der Waals surface area (Å²) in [6.45, 7) is 4.79. The van der Waals surface area contributed by atoms with Crippen molar-refractivity contribution >= 4 is 0 Å². The van der Waals surface area contributed by atoms with E-state index in [2.05, 4.69) is 13.8 Å². The van der Waals surface area contributed by atoms with Crippen molar-refractivity contribution in [1.82, 2.24) is 0 Å². The van der Waals surface area contributed by atoms with Crippen LogP contribution in [-0.2, 0) is 0 Å². The van der Waals surface area contributed by atoms with Gasteiger partial charge in [0.25, 0.3) is 0 Å². The molecule has 2 saturated carbocycles. The van der Waals surface area contributed by atoms with Crippen molar-refractivity contribution in [1.29, 1.82) is 0 Å². The van der Waals surface area contributed by atoms with E-state index in [0.717, 1.165) is 23.7 Å². The summed E-state index contributed by atoms with van der Waals surface area (Å²) in [6, 6.07) is 0.507. The summed E-state index contributed by atoms with van der Waals surface area (Å²) in [4.78, 5) is 0. The number of rotatable bonds is 2. The summed E-state index contributed by atoms with van der Waals surface area (Å²) < 4.78 is 0. The molecular weight excluding hydrogens is 206 g/mol. The molecule has 0 saturated heterocycles. The fraction of sp³-hybridized carbons (Fsp3) is 1.00. The second kappa shape index (κ2) is 6.22. The molecule has 0 aliphatic heterocycles. The molecule has 2 fully saturated rings. The highest BCUT2D eigenvalue weighted by Gasteiger charge is 2.34. The third kappa shape index (κ3) is 3.47. The van der Waals surface area contributed by atoms with Gasteiger partial charge in [0, 0.05) is 6.04 Å². The van der Waals surface area contributed by atoms with E-state index in [1.54, 1.807) is 0 Å². The molecule has 1 nitrogen and oxygen atoms in total. The van der Waals surface area contributed by atoms with Crippen LogP contribution < -0.4 is 5.73 Å². The van der Waals surface area contributed by atoms with Crippen LogP contribution in [0.4, 0.5) is 0 Å². The number of hydrogen-bond donors (Lipinski definition) is 1. The zero-order chi connectivity index (χ0) is 12.3. The average molecular weight is 237 g/mol. The Hall–Kier alpha value is -0.0400. The van der Waals surface area contributed by atoms with Crippen molar-refractivity contribution in [3.8, 4) is 0 Å². The fourth-order valence-corrected chi connectivity index (χ4v) is 4.15. The average Bonchev–Trinajstić information content (AvgIpc) is 2.58. The topological polar surface area (TPSA) is 26.0 Å². The van der Waals surface area contributed by atoms with Gasteiger partial charge in [-0.05, 0) is 42.9 Å². The Morgan fingerprint density at radius 2 is 1.53 bits per heavy atom. The van der Waals surface area contributed by atoms with Crippen LogP contribution in [0, 0.1) is 23.7 Å². The molecule has 1 heteroatoms. The van der Waals surface area contributed by atoms with E-state index in [0.29, 0.717) is 6.04 Å². The minimum Gasteiger partial charge on any atom is -0.327 e. The smallest absolute Gasteiger partial charge is 0.00700 e. The minimum atomic E-state index is 0.507. The lowest BCUT2D eigenvalue weighted by Crippen LogP contribution is -2.41.